The molecule has 2 heterocycles. The molecule has 0 amide bonds. The molecule has 0 radical (unpaired) electrons. The average molecular weight is 533 g/mol. The Balaban J connectivity index is 1.46. The molecule has 0 unspecified atom stereocenters. The van der Waals surface area contributed by atoms with Gasteiger partial charge in [0.1, 0.15) is 0 Å². The molecule has 0 aliphatic rings. The predicted octanol–water partition coefficient (Wildman–Crippen LogP) is 9.20. The standard InChI is InChI=1S/C37H22N4/c1-3-12-24(13-4-1)35-38-36(25-14-5-2-6-15-25)40-37(39-35)41-30-19-9-17-27-28-22-21-23-11-7-8-16-26(23)32(28)29-18-10-20-31(41)34(29)33(27)30/h1-22H/i1D,2D,3D,4D,5D,6D,12D,13D,14D,15D. The molecule has 0 aliphatic carbocycles. The molecule has 0 saturated heterocycles. The van der Waals surface area contributed by atoms with Crippen molar-refractivity contribution in [2.24, 2.45) is 0 Å². The Morgan fingerprint density at radius 3 is 1.71 bits per heavy atom. The monoisotopic (exact) mass is 532 g/mol. The molecule has 7 aromatic carbocycles. The van der Waals surface area contributed by atoms with Gasteiger partial charge in [-0.15, -0.1) is 0 Å². The molecule has 0 fully saturated rings. The maximum Gasteiger partial charge on any atom is 0.238 e. The van der Waals surface area contributed by atoms with Gasteiger partial charge in [-0.05, 0) is 44.5 Å². The van der Waals surface area contributed by atoms with E-state index in [0.29, 0.717) is 11.0 Å². The number of hydrogen-bond donors (Lipinski definition) is 0. The van der Waals surface area contributed by atoms with E-state index < -0.39 is 60.4 Å². The van der Waals surface area contributed by atoms with Crippen molar-refractivity contribution in [3.8, 4) is 28.7 Å². The summed E-state index contributed by atoms with van der Waals surface area (Å²) in [6.07, 6.45) is 0. The molecule has 190 valence electrons. The normalized spacial score (nSPS) is 15.3. The fraction of sp³-hybridized carbons (Fsp3) is 0. The summed E-state index contributed by atoms with van der Waals surface area (Å²) in [6.45, 7) is 0. The minimum absolute atomic E-state index is 0.0289. The van der Waals surface area contributed by atoms with Crippen molar-refractivity contribution in [2.75, 3.05) is 0 Å². The second-order valence-electron chi connectivity index (χ2n) is 9.73. The summed E-state index contributed by atoms with van der Waals surface area (Å²) in [4.78, 5) is 13.9. The van der Waals surface area contributed by atoms with Crippen molar-refractivity contribution in [3.63, 3.8) is 0 Å². The maximum atomic E-state index is 8.70. The van der Waals surface area contributed by atoms with Crippen LogP contribution in [0.25, 0.3) is 82.8 Å². The topological polar surface area (TPSA) is 43.6 Å². The highest BCUT2D eigenvalue weighted by atomic mass is 15.2. The van der Waals surface area contributed by atoms with Crippen LogP contribution < -0.4 is 0 Å². The Morgan fingerprint density at radius 1 is 0.463 bits per heavy atom. The Kier molecular flexibility index (Phi) is 3.02. The van der Waals surface area contributed by atoms with Crippen LogP contribution in [-0.2, 0) is 0 Å². The van der Waals surface area contributed by atoms with E-state index in [1.165, 1.54) is 0 Å². The summed E-state index contributed by atoms with van der Waals surface area (Å²) in [5.41, 5.74) is 0.782. The highest BCUT2D eigenvalue weighted by Gasteiger charge is 2.22. The van der Waals surface area contributed by atoms with Crippen LogP contribution in [-0.4, -0.2) is 19.5 Å². The third-order valence-corrected chi connectivity index (χ3v) is 7.58. The van der Waals surface area contributed by atoms with Crippen molar-refractivity contribution in [2.45, 2.75) is 0 Å². The quantitative estimate of drug-likeness (QED) is 0.213. The lowest BCUT2D eigenvalue weighted by atomic mass is 9.91. The van der Waals surface area contributed by atoms with Crippen LogP contribution in [0.15, 0.2) is 133 Å². The van der Waals surface area contributed by atoms with Crippen LogP contribution in [0.1, 0.15) is 13.7 Å². The van der Waals surface area contributed by atoms with Gasteiger partial charge in [0.05, 0.1) is 24.7 Å². The minimum atomic E-state index is -0.598. The van der Waals surface area contributed by atoms with Gasteiger partial charge in [-0.3, -0.25) is 4.57 Å². The zero-order valence-electron chi connectivity index (χ0n) is 31.2. The van der Waals surface area contributed by atoms with E-state index in [-0.39, 0.29) is 28.7 Å². The second-order valence-corrected chi connectivity index (χ2v) is 9.73. The summed E-state index contributed by atoms with van der Waals surface area (Å²) in [6, 6.07) is 18.4. The lowest BCUT2D eigenvalue weighted by molar-refractivity contribution is 0.954. The van der Waals surface area contributed by atoms with Crippen molar-refractivity contribution < 1.29 is 13.7 Å². The van der Waals surface area contributed by atoms with E-state index in [2.05, 4.69) is 41.4 Å². The van der Waals surface area contributed by atoms with Gasteiger partial charge >= 0.3 is 0 Å². The van der Waals surface area contributed by atoms with Gasteiger partial charge in [-0.25, -0.2) is 4.98 Å². The molecule has 4 heteroatoms. The Bertz CT molecular complexity index is 2850. The van der Waals surface area contributed by atoms with Crippen LogP contribution in [0.3, 0.4) is 0 Å². The van der Waals surface area contributed by atoms with E-state index in [0.717, 1.165) is 43.1 Å². The van der Waals surface area contributed by atoms with E-state index in [9.17, 15) is 0 Å². The number of rotatable bonds is 3. The molecule has 0 aliphatic heterocycles. The predicted molar refractivity (Wildman–Crippen MR) is 169 cm³/mol. The largest absolute Gasteiger partial charge is 0.278 e. The number of aromatic nitrogens is 4. The molecule has 0 atom stereocenters. The fourth-order valence-electron chi connectivity index (χ4n) is 5.95. The first-order chi connectivity index (χ1) is 24.5. The molecule has 9 aromatic rings. The second kappa shape index (κ2) is 8.44. The zero-order chi connectivity index (χ0) is 35.6. The number of hydrogen-bond acceptors (Lipinski definition) is 3. The average Bonchev–Trinajstić information content (AvgIpc) is 3.49. The van der Waals surface area contributed by atoms with Crippen LogP contribution in [0.5, 0.6) is 0 Å². The molecular formula is C37H22N4. The van der Waals surface area contributed by atoms with Crippen molar-refractivity contribution in [1.82, 2.24) is 19.5 Å². The van der Waals surface area contributed by atoms with Gasteiger partial charge < -0.3 is 0 Å². The smallest absolute Gasteiger partial charge is 0.238 e. The van der Waals surface area contributed by atoms with Gasteiger partial charge in [0, 0.05) is 21.9 Å². The number of nitrogens with zero attached hydrogens (tertiary/aromatic N) is 4. The highest BCUT2D eigenvalue weighted by Crippen LogP contribution is 2.45. The fourth-order valence-corrected chi connectivity index (χ4v) is 5.95. The lowest BCUT2D eigenvalue weighted by Crippen LogP contribution is -2.06. The van der Waals surface area contributed by atoms with Crippen LogP contribution in [0, 0.1) is 0 Å². The summed E-state index contributed by atoms with van der Waals surface area (Å²) < 4.78 is 86.1. The Morgan fingerprint density at radius 2 is 1.02 bits per heavy atom. The summed E-state index contributed by atoms with van der Waals surface area (Å²) >= 11 is 0. The number of fused-ring (bicyclic) bond motifs is 5. The summed E-state index contributed by atoms with van der Waals surface area (Å²) in [5.74, 6) is -0.658. The Hall–Kier alpha value is -5.61. The lowest BCUT2D eigenvalue weighted by Gasteiger charge is -2.11. The molecule has 0 saturated carbocycles. The SMILES string of the molecule is [2H]c1c([2H])c([2H])c(-c2nc(-c3c([2H])c([2H])c([2H])c([2H])c3[2H])nc(-n3c4cccc5c6ccc7ccccc7c6c6cccc3c6c54)n2)c([2H])c1[2H]. The molecular weight excluding hydrogens is 500 g/mol. The summed E-state index contributed by atoms with van der Waals surface area (Å²) in [5, 5.41) is 8.14. The molecule has 0 N–H and O–H groups in total. The van der Waals surface area contributed by atoms with E-state index >= 15 is 0 Å². The van der Waals surface area contributed by atoms with Crippen LogP contribution in [0.4, 0.5) is 0 Å². The molecule has 2 aromatic heterocycles. The van der Waals surface area contributed by atoms with Crippen molar-refractivity contribution >= 4 is 54.1 Å². The van der Waals surface area contributed by atoms with Gasteiger partial charge in [0.15, 0.2) is 11.6 Å². The zero-order valence-corrected chi connectivity index (χ0v) is 21.2. The molecule has 0 spiro atoms. The first kappa shape index (κ1) is 14.7. The maximum absolute atomic E-state index is 8.70. The van der Waals surface area contributed by atoms with Gasteiger partial charge in [-0.1, -0.05) is 121 Å². The van der Waals surface area contributed by atoms with Crippen LogP contribution in [0.2, 0.25) is 0 Å². The van der Waals surface area contributed by atoms with Gasteiger partial charge in [0.25, 0.3) is 0 Å². The van der Waals surface area contributed by atoms with E-state index in [4.69, 9.17) is 23.7 Å². The molecule has 0 bridgehead atoms. The van der Waals surface area contributed by atoms with Crippen molar-refractivity contribution in [1.29, 1.82) is 0 Å². The van der Waals surface area contributed by atoms with E-state index in [1.807, 2.05) is 36.4 Å². The molecule has 41 heavy (non-hydrogen) atoms. The highest BCUT2D eigenvalue weighted by molar-refractivity contribution is 6.37. The van der Waals surface area contributed by atoms with Gasteiger partial charge in [0.2, 0.25) is 5.95 Å². The summed E-state index contributed by atoms with van der Waals surface area (Å²) in [7, 11) is 0. The third-order valence-electron chi connectivity index (χ3n) is 7.58. The third kappa shape index (κ3) is 3.19. The Labute approximate surface area is 249 Å². The molecule has 9 rings (SSSR count). The van der Waals surface area contributed by atoms with Gasteiger partial charge in [-0.2, -0.15) is 9.97 Å². The first-order valence-corrected chi connectivity index (χ1v) is 13.0. The number of benzene rings is 7. The van der Waals surface area contributed by atoms with Crippen LogP contribution >= 0.6 is 0 Å². The minimum Gasteiger partial charge on any atom is -0.278 e. The molecule has 4 nitrogen and oxygen atoms in total. The van der Waals surface area contributed by atoms with Crippen molar-refractivity contribution in [3.05, 3.63) is 133 Å². The first-order valence-electron chi connectivity index (χ1n) is 18.0. The van der Waals surface area contributed by atoms with E-state index in [1.54, 1.807) is 4.57 Å².